The van der Waals surface area contributed by atoms with Crippen LogP contribution < -0.4 is 4.90 Å². The van der Waals surface area contributed by atoms with Gasteiger partial charge in [0.1, 0.15) is 0 Å². The van der Waals surface area contributed by atoms with Gasteiger partial charge in [0.15, 0.2) is 0 Å². The van der Waals surface area contributed by atoms with E-state index in [-0.39, 0.29) is 0 Å². The van der Waals surface area contributed by atoms with E-state index in [0.717, 1.165) is 18.3 Å². The van der Waals surface area contributed by atoms with Crippen LogP contribution in [0.1, 0.15) is 24.6 Å². The number of morpholine rings is 1. The van der Waals surface area contributed by atoms with E-state index in [0.29, 0.717) is 38.4 Å². The molecule has 0 unspecified atom stereocenters. The minimum Gasteiger partial charge on any atom is -0.378 e. The SMILES string of the molecule is CCCc1ncc(C(F)(F)F)cc1N1CCOCC1. The molecule has 1 aliphatic heterocycles. The second-order valence-corrected chi connectivity index (χ2v) is 4.54. The van der Waals surface area contributed by atoms with Gasteiger partial charge in [0, 0.05) is 19.3 Å². The number of halogens is 3. The zero-order chi connectivity index (χ0) is 13.9. The number of hydrogen-bond donors (Lipinski definition) is 0. The first-order valence-corrected chi connectivity index (χ1v) is 6.41. The molecular formula is C13H17F3N2O. The van der Waals surface area contributed by atoms with Crippen molar-refractivity contribution in [2.24, 2.45) is 0 Å². The second kappa shape index (κ2) is 5.77. The molecule has 0 aromatic carbocycles. The second-order valence-electron chi connectivity index (χ2n) is 4.54. The van der Waals surface area contributed by atoms with E-state index >= 15 is 0 Å². The van der Waals surface area contributed by atoms with E-state index < -0.39 is 11.7 Å². The summed E-state index contributed by atoms with van der Waals surface area (Å²) in [6.07, 6.45) is -1.88. The zero-order valence-corrected chi connectivity index (χ0v) is 10.8. The zero-order valence-electron chi connectivity index (χ0n) is 10.8. The lowest BCUT2D eigenvalue weighted by molar-refractivity contribution is -0.137. The Hall–Kier alpha value is -1.30. The molecule has 0 radical (unpaired) electrons. The van der Waals surface area contributed by atoms with Crippen molar-refractivity contribution < 1.29 is 17.9 Å². The van der Waals surface area contributed by atoms with Gasteiger partial charge in [-0.05, 0) is 12.5 Å². The molecule has 1 aromatic rings. The lowest BCUT2D eigenvalue weighted by atomic mass is 10.1. The maximum Gasteiger partial charge on any atom is 0.417 e. The Morgan fingerprint density at radius 1 is 1.32 bits per heavy atom. The van der Waals surface area contributed by atoms with Gasteiger partial charge in [-0.1, -0.05) is 13.3 Å². The quantitative estimate of drug-likeness (QED) is 0.847. The highest BCUT2D eigenvalue weighted by atomic mass is 19.4. The van der Waals surface area contributed by atoms with Gasteiger partial charge in [-0.25, -0.2) is 0 Å². The summed E-state index contributed by atoms with van der Waals surface area (Å²) in [4.78, 5) is 5.93. The minimum atomic E-state index is -4.35. The highest BCUT2D eigenvalue weighted by molar-refractivity contribution is 5.53. The number of rotatable bonds is 3. The first-order valence-electron chi connectivity index (χ1n) is 6.41. The Balaban J connectivity index is 2.35. The van der Waals surface area contributed by atoms with Crippen LogP contribution in [0.25, 0.3) is 0 Å². The molecule has 0 atom stereocenters. The molecular weight excluding hydrogens is 257 g/mol. The Bertz CT molecular complexity index is 428. The maximum absolute atomic E-state index is 12.8. The fourth-order valence-electron chi connectivity index (χ4n) is 2.14. The third-order valence-electron chi connectivity index (χ3n) is 3.11. The van der Waals surface area contributed by atoms with Crippen molar-refractivity contribution in [3.05, 3.63) is 23.5 Å². The maximum atomic E-state index is 12.8. The minimum absolute atomic E-state index is 0.543. The normalized spacial score (nSPS) is 16.7. The highest BCUT2D eigenvalue weighted by Gasteiger charge is 2.32. The van der Waals surface area contributed by atoms with Gasteiger partial charge in [-0.15, -0.1) is 0 Å². The van der Waals surface area contributed by atoms with Gasteiger partial charge in [0.2, 0.25) is 0 Å². The summed E-state index contributed by atoms with van der Waals surface area (Å²) < 4.78 is 43.5. The lowest BCUT2D eigenvalue weighted by Gasteiger charge is -2.30. The van der Waals surface area contributed by atoms with Gasteiger partial charge in [0.25, 0.3) is 0 Å². The molecule has 0 N–H and O–H groups in total. The van der Waals surface area contributed by atoms with E-state index in [9.17, 15) is 13.2 Å². The third-order valence-corrected chi connectivity index (χ3v) is 3.11. The van der Waals surface area contributed by atoms with Crippen molar-refractivity contribution in [2.45, 2.75) is 25.9 Å². The first-order chi connectivity index (χ1) is 9.02. The van der Waals surface area contributed by atoms with Gasteiger partial charge in [-0.2, -0.15) is 13.2 Å². The monoisotopic (exact) mass is 274 g/mol. The lowest BCUT2D eigenvalue weighted by Crippen LogP contribution is -2.37. The average Bonchev–Trinajstić information content (AvgIpc) is 2.39. The van der Waals surface area contributed by atoms with Crippen LogP contribution in [0.5, 0.6) is 0 Å². The van der Waals surface area contributed by atoms with Gasteiger partial charge in [0.05, 0.1) is 30.2 Å². The van der Waals surface area contributed by atoms with E-state index in [1.54, 1.807) is 0 Å². The summed E-state index contributed by atoms with van der Waals surface area (Å²) in [6.45, 7) is 4.30. The number of pyridine rings is 1. The largest absolute Gasteiger partial charge is 0.417 e. The van der Waals surface area contributed by atoms with Gasteiger partial charge in [-0.3, -0.25) is 4.98 Å². The molecule has 106 valence electrons. The summed E-state index contributed by atoms with van der Waals surface area (Å²) >= 11 is 0. The van der Waals surface area contributed by atoms with Crippen LogP contribution in [0.4, 0.5) is 18.9 Å². The summed E-state index contributed by atoms with van der Waals surface area (Å²) in [7, 11) is 0. The Labute approximate surface area is 110 Å². The Morgan fingerprint density at radius 2 is 2.00 bits per heavy atom. The molecule has 0 spiro atoms. The standard InChI is InChI=1S/C13H17F3N2O/c1-2-3-11-12(18-4-6-19-7-5-18)8-10(9-17-11)13(14,15)16/h8-9H,2-7H2,1H3. The Kier molecular flexibility index (Phi) is 4.29. The number of aryl methyl sites for hydroxylation is 1. The number of anilines is 1. The van der Waals surface area contributed by atoms with E-state index in [4.69, 9.17) is 4.74 Å². The van der Waals surface area contributed by atoms with Crippen LogP contribution in [0.3, 0.4) is 0 Å². The molecule has 2 rings (SSSR count). The predicted octanol–water partition coefficient (Wildman–Crippen LogP) is 2.89. The molecule has 1 saturated heterocycles. The van der Waals surface area contributed by atoms with Crippen LogP contribution in [0.2, 0.25) is 0 Å². The summed E-state index contributed by atoms with van der Waals surface area (Å²) in [5, 5.41) is 0. The van der Waals surface area contributed by atoms with Crippen LogP contribution in [-0.4, -0.2) is 31.3 Å². The van der Waals surface area contributed by atoms with Crippen molar-refractivity contribution in [2.75, 3.05) is 31.2 Å². The number of hydrogen-bond acceptors (Lipinski definition) is 3. The van der Waals surface area contributed by atoms with E-state index in [2.05, 4.69) is 4.98 Å². The molecule has 2 heterocycles. The smallest absolute Gasteiger partial charge is 0.378 e. The molecule has 1 aliphatic rings. The molecule has 6 heteroatoms. The molecule has 0 amide bonds. The fraction of sp³-hybridized carbons (Fsp3) is 0.615. The van der Waals surface area contributed by atoms with Gasteiger partial charge < -0.3 is 9.64 Å². The fourth-order valence-corrected chi connectivity index (χ4v) is 2.14. The van der Waals surface area contributed by atoms with Gasteiger partial charge >= 0.3 is 6.18 Å². The van der Waals surface area contributed by atoms with Crippen LogP contribution >= 0.6 is 0 Å². The van der Waals surface area contributed by atoms with Crippen molar-refractivity contribution in [1.82, 2.24) is 4.98 Å². The molecule has 0 aliphatic carbocycles. The average molecular weight is 274 g/mol. The molecule has 3 nitrogen and oxygen atoms in total. The highest BCUT2D eigenvalue weighted by Crippen LogP contribution is 2.33. The number of nitrogens with zero attached hydrogens (tertiary/aromatic N) is 2. The number of alkyl halides is 3. The van der Waals surface area contributed by atoms with E-state index in [1.165, 1.54) is 6.07 Å². The molecule has 1 fully saturated rings. The van der Waals surface area contributed by atoms with Crippen molar-refractivity contribution in [3.63, 3.8) is 0 Å². The molecule has 0 bridgehead atoms. The molecule has 0 saturated carbocycles. The topological polar surface area (TPSA) is 25.4 Å². The van der Waals surface area contributed by atoms with Crippen molar-refractivity contribution in [3.8, 4) is 0 Å². The number of aromatic nitrogens is 1. The van der Waals surface area contributed by atoms with Crippen LogP contribution in [0, 0.1) is 0 Å². The Morgan fingerprint density at radius 3 is 2.58 bits per heavy atom. The molecule has 19 heavy (non-hydrogen) atoms. The summed E-state index contributed by atoms with van der Waals surface area (Å²) in [5.41, 5.74) is 0.645. The summed E-state index contributed by atoms with van der Waals surface area (Å²) in [5.74, 6) is 0. The van der Waals surface area contributed by atoms with Crippen LogP contribution in [-0.2, 0) is 17.3 Å². The van der Waals surface area contributed by atoms with Crippen LogP contribution in [0.15, 0.2) is 12.3 Å². The number of ether oxygens (including phenoxy) is 1. The predicted molar refractivity (Wildman–Crippen MR) is 66.3 cm³/mol. The van der Waals surface area contributed by atoms with E-state index in [1.807, 2.05) is 11.8 Å². The van der Waals surface area contributed by atoms with Crippen molar-refractivity contribution in [1.29, 1.82) is 0 Å². The third kappa shape index (κ3) is 3.37. The van der Waals surface area contributed by atoms with Crippen molar-refractivity contribution >= 4 is 5.69 Å². The molecule has 1 aromatic heterocycles. The first kappa shape index (κ1) is 14.1. The summed E-state index contributed by atoms with van der Waals surface area (Å²) in [6, 6.07) is 1.21.